The number of aromatic nitrogens is 2. The highest BCUT2D eigenvalue weighted by molar-refractivity contribution is 5.78. The van der Waals surface area contributed by atoms with Crippen molar-refractivity contribution in [1.29, 1.82) is 0 Å². The number of aliphatic hydroxyl groups excluding tert-OH is 1. The largest absolute Gasteiger partial charge is 0.391 e. The van der Waals surface area contributed by atoms with Crippen LogP contribution in [0.3, 0.4) is 0 Å². The molecular formula is C20H32N4O3. The lowest BCUT2D eigenvalue weighted by Crippen LogP contribution is -2.51. The van der Waals surface area contributed by atoms with E-state index in [9.17, 15) is 9.90 Å². The van der Waals surface area contributed by atoms with Crippen LogP contribution in [0.25, 0.3) is 5.57 Å². The maximum Gasteiger partial charge on any atom is 0.236 e. The molecule has 1 aromatic rings. The molecule has 2 aliphatic rings. The fraction of sp³-hybridized carbons (Fsp3) is 0.700. The molecule has 0 aliphatic carbocycles. The molecule has 1 saturated heterocycles. The number of hydrogen-bond acceptors (Lipinski definition) is 5. The predicted octanol–water partition coefficient (Wildman–Crippen LogP) is 1.38. The van der Waals surface area contributed by atoms with Gasteiger partial charge in [-0.25, -0.2) is 0 Å². The Kier molecular flexibility index (Phi) is 6.68. The number of ether oxygens (including phenoxy) is 1. The molecule has 27 heavy (non-hydrogen) atoms. The van der Waals surface area contributed by atoms with Gasteiger partial charge >= 0.3 is 0 Å². The van der Waals surface area contributed by atoms with Crippen LogP contribution in [0.4, 0.5) is 0 Å². The van der Waals surface area contributed by atoms with Crippen molar-refractivity contribution >= 4 is 11.5 Å². The second-order valence-corrected chi connectivity index (χ2v) is 7.78. The molecule has 2 aliphatic heterocycles. The van der Waals surface area contributed by atoms with Crippen molar-refractivity contribution in [3.63, 3.8) is 0 Å². The number of morpholine rings is 1. The van der Waals surface area contributed by atoms with E-state index in [0.29, 0.717) is 26.2 Å². The van der Waals surface area contributed by atoms with Gasteiger partial charge in [0.25, 0.3) is 0 Å². The molecule has 0 bridgehead atoms. The van der Waals surface area contributed by atoms with E-state index in [-0.39, 0.29) is 24.2 Å². The average molecular weight is 377 g/mol. The highest BCUT2D eigenvalue weighted by Crippen LogP contribution is 2.22. The first-order valence-corrected chi connectivity index (χ1v) is 10.00. The SMILES string of the molecule is CC[C@@H](O)Cn1cc(C2=CCN(CC(=O)N3C[C@@H](C)O[C@@H](C)C3)CC2)cn1. The van der Waals surface area contributed by atoms with E-state index in [2.05, 4.69) is 16.1 Å². The van der Waals surface area contributed by atoms with Crippen LogP contribution < -0.4 is 0 Å². The van der Waals surface area contributed by atoms with Gasteiger partial charge in [0.1, 0.15) is 0 Å². The van der Waals surface area contributed by atoms with Crippen LogP contribution in [0.5, 0.6) is 0 Å². The molecule has 0 unspecified atom stereocenters. The molecule has 3 heterocycles. The molecule has 3 rings (SSSR count). The number of aliphatic hydroxyl groups is 1. The van der Waals surface area contributed by atoms with Crippen molar-refractivity contribution < 1.29 is 14.6 Å². The molecule has 0 radical (unpaired) electrons. The minimum absolute atomic E-state index is 0.105. The van der Waals surface area contributed by atoms with E-state index in [1.807, 2.05) is 38.1 Å². The maximum absolute atomic E-state index is 12.6. The Hall–Kier alpha value is -1.70. The summed E-state index contributed by atoms with van der Waals surface area (Å²) in [5.41, 5.74) is 2.38. The lowest BCUT2D eigenvalue weighted by atomic mass is 10.0. The third-order valence-corrected chi connectivity index (χ3v) is 5.30. The summed E-state index contributed by atoms with van der Waals surface area (Å²) < 4.78 is 7.52. The van der Waals surface area contributed by atoms with E-state index >= 15 is 0 Å². The monoisotopic (exact) mass is 376 g/mol. The number of nitrogens with zero attached hydrogens (tertiary/aromatic N) is 4. The zero-order chi connectivity index (χ0) is 19.4. The maximum atomic E-state index is 12.6. The van der Waals surface area contributed by atoms with Gasteiger partial charge in [0.05, 0.1) is 37.6 Å². The molecule has 3 atom stereocenters. The third kappa shape index (κ3) is 5.40. The van der Waals surface area contributed by atoms with Gasteiger partial charge in [-0.15, -0.1) is 0 Å². The zero-order valence-corrected chi connectivity index (χ0v) is 16.7. The fourth-order valence-corrected chi connectivity index (χ4v) is 3.76. The fourth-order valence-electron chi connectivity index (χ4n) is 3.76. The number of carbonyl (C=O) groups excluding carboxylic acids is 1. The van der Waals surface area contributed by atoms with Crippen LogP contribution in [0.1, 0.15) is 39.2 Å². The number of hydrogen-bond donors (Lipinski definition) is 1. The Morgan fingerprint density at radius 3 is 2.74 bits per heavy atom. The highest BCUT2D eigenvalue weighted by atomic mass is 16.5. The van der Waals surface area contributed by atoms with E-state index in [1.165, 1.54) is 5.57 Å². The highest BCUT2D eigenvalue weighted by Gasteiger charge is 2.27. The van der Waals surface area contributed by atoms with Crippen molar-refractivity contribution in [2.75, 3.05) is 32.7 Å². The van der Waals surface area contributed by atoms with Crippen molar-refractivity contribution in [2.24, 2.45) is 0 Å². The second-order valence-electron chi connectivity index (χ2n) is 7.78. The van der Waals surface area contributed by atoms with Gasteiger partial charge in [-0.2, -0.15) is 5.10 Å². The Bertz CT molecular complexity index is 662. The van der Waals surface area contributed by atoms with Crippen molar-refractivity contribution in [2.45, 2.75) is 58.5 Å². The van der Waals surface area contributed by atoms with Gasteiger partial charge in [-0.3, -0.25) is 14.4 Å². The molecule has 7 heteroatoms. The predicted molar refractivity (Wildman–Crippen MR) is 104 cm³/mol. The zero-order valence-electron chi connectivity index (χ0n) is 16.7. The molecule has 0 spiro atoms. The summed E-state index contributed by atoms with van der Waals surface area (Å²) in [6.07, 6.45) is 7.55. The second kappa shape index (κ2) is 8.99. The Labute approximate surface area is 161 Å². The van der Waals surface area contributed by atoms with E-state index < -0.39 is 0 Å². The molecular weight excluding hydrogens is 344 g/mol. The van der Waals surface area contributed by atoms with Crippen LogP contribution in [0.2, 0.25) is 0 Å². The van der Waals surface area contributed by atoms with Gasteiger partial charge in [0.2, 0.25) is 5.91 Å². The summed E-state index contributed by atoms with van der Waals surface area (Å²) in [5, 5.41) is 14.1. The number of amides is 1. The molecule has 7 nitrogen and oxygen atoms in total. The molecule has 1 amide bonds. The lowest BCUT2D eigenvalue weighted by molar-refractivity contribution is -0.144. The third-order valence-electron chi connectivity index (χ3n) is 5.30. The topological polar surface area (TPSA) is 70.8 Å². The van der Waals surface area contributed by atoms with Crippen LogP contribution in [-0.4, -0.2) is 81.6 Å². The summed E-state index contributed by atoms with van der Waals surface area (Å²) in [7, 11) is 0. The summed E-state index contributed by atoms with van der Waals surface area (Å²) in [5.74, 6) is 0.190. The van der Waals surface area contributed by atoms with Crippen molar-refractivity contribution in [1.82, 2.24) is 19.6 Å². The first kappa shape index (κ1) is 20.0. The quantitative estimate of drug-likeness (QED) is 0.812. The van der Waals surface area contributed by atoms with Gasteiger partial charge in [-0.05, 0) is 32.3 Å². The minimum Gasteiger partial charge on any atom is -0.391 e. The van der Waals surface area contributed by atoms with Crippen molar-refractivity contribution in [3.8, 4) is 0 Å². The van der Waals surface area contributed by atoms with E-state index in [1.54, 1.807) is 4.68 Å². The van der Waals surface area contributed by atoms with Crippen molar-refractivity contribution in [3.05, 3.63) is 24.0 Å². The van der Waals surface area contributed by atoms with Gasteiger partial charge < -0.3 is 14.7 Å². The summed E-state index contributed by atoms with van der Waals surface area (Å²) in [4.78, 5) is 16.7. The first-order chi connectivity index (χ1) is 12.9. The van der Waals surface area contributed by atoms with E-state index in [4.69, 9.17) is 4.74 Å². The normalized spacial score (nSPS) is 25.3. The molecule has 1 fully saturated rings. The number of carbonyl (C=O) groups is 1. The van der Waals surface area contributed by atoms with Crippen LogP contribution in [0.15, 0.2) is 18.5 Å². The molecule has 0 saturated carbocycles. The summed E-state index contributed by atoms with van der Waals surface area (Å²) in [6.45, 7) is 10.0. The van der Waals surface area contributed by atoms with Crippen LogP contribution in [0, 0.1) is 0 Å². The summed E-state index contributed by atoms with van der Waals surface area (Å²) >= 11 is 0. The number of rotatable bonds is 6. The first-order valence-electron chi connectivity index (χ1n) is 10.00. The van der Waals surface area contributed by atoms with Crippen LogP contribution in [-0.2, 0) is 16.1 Å². The average Bonchev–Trinajstić information content (AvgIpc) is 3.09. The Morgan fingerprint density at radius 1 is 1.37 bits per heavy atom. The smallest absolute Gasteiger partial charge is 0.236 e. The standard InChI is InChI=1S/C20H32N4O3/c1-4-19(25)13-24-12-18(9-21-24)17-5-7-22(8-6-17)14-20(26)23-10-15(2)27-16(3)11-23/h5,9,12,15-16,19,25H,4,6-8,10-11,13-14H2,1-3H3/t15-,16+,19-/m1/s1. The minimum atomic E-state index is -0.356. The Morgan fingerprint density at radius 2 is 2.11 bits per heavy atom. The molecule has 1 aromatic heterocycles. The van der Waals surface area contributed by atoms with E-state index in [0.717, 1.165) is 31.5 Å². The molecule has 150 valence electrons. The summed E-state index contributed by atoms with van der Waals surface area (Å²) in [6, 6.07) is 0. The molecule has 1 N–H and O–H groups in total. The Balaban J connectivity index is 1.52. The van der Waals surface area contributed by atoms with Crippen LogP contribution >= 0.6 is 0 Å². The molecule has 0 aromatic carbocycles. The van der Waals surface area contributed by atoms with Gasteiger partial charge in [-0.1, -0.05) is 13.0 Å². The lowest BCUT2D eigenvalue weighted by Gasteiger charge is -2.36. The van der Waals surface area contributed by atoms with Gasteiger partial charge in [0.15, 0.2) is 0 Å². The van der Waals surface area contributed by atoms with Gasteiger partial charge in [0, 0.05) is 37.9 Å².